The maximum absolute atomic E-state index is 6.09. The first-order valence-electron chi connectivity index (χ1n) is 7.04. The third-order valence-corrected chi connectivity index (χ3v) is 4.30. The van der Waals surface area contributed by atoms with Crippen molar-refractivity contribution in [1.29, 1.82) is 0 Å². The molecule has 0 amide bonds. The average Bonchev–Trinajstić information content (AvgIpc) is 2.99. The minimum atomic E-state index is 0.728. The topological polar surface area (TPSA) is 77.0 Å². The molecule has 0 saturated heterocycles. The summed E-state index contributed by atoms with van der Waals surface area (Å²) in [5.41, 5.74) is 18.1. The number of nitrogen functional groups attached to an aromatic ring is 2. The second-order valence-corrected chi connectivity index (χ2v) is 5.86. The van der Waals surface area contributed by atoms with E-state index < -0.39 is 0 Å². The number of aromatic nitrogens is 1. The van der Waals surface area contributed by atoms with E-state index >= 15 is 0 Å². The Kier molecular flexibility index (Phi) is 4.37. The molecule has 112 valence electrons. The number of thiophene rings is 1. The molecule has 2 heterocycles. The van der Waals surface area contributed by atoms with Gasteiger partial charge in [0, 0.05) is 42.4 Å². The summed E-state index contributed by atoms with van der Waals surface area (Å²) in [6, 6.07) is 9.64. The molecule has 0 unspecified atom stereocenters. The molecule has 3 rings (SSSR count). The summed E-state index contributed by atoms with van der Waals surface area (Å²) >= 11 is 1.68. The van der Waals surface area contributed by atoms with Gasteiger partial charge in [-0.1, -0.05) is 0 Å². The fourth-order valence-electron chi connectivity index (χ4n) is 2.35. The third-order valence-electron chi connectivity index (χ3n) is 3.50. The molecular formula is C17H18N4S. The molecule has 0 aliphatic carbocycles. The molecule has 3 aromatic rings. The van der Waals surface area contributed by atoms with Crippen LogP contribution in [0.15, 0.2) is 53.5 Å². The van der Waals surface area contributed by atoms with Crippen molar-refractivity contribution in [1.82, 2.24) is 10.3 Å². The number of rotatable bonds is 5. The highest BCUT2D eigenvalue weighted by Crippen LogP contribution is 2.33. The van der Waals surface area contributed by atoms with Crippen molar-refractivity contribution in [3.8, 4) is 11.1 Å². The van der Waals surface area contributed by atoms with Crippen LogP contribution >= 0.6 is 11.3 Å². The van der Waals surface area contributed by atoms with Gasteiger partial charge in [0.05, 0.1) is 0 Å². The quantitative estimate of drug-likeness (QED) is 0.632. The van der Waals surface area contributed by atoms with E-state index in [1.807, 2.05) is 30.3 Å². The number of anilines is 2. The Morgan fingerprint density at radius 2 is 1.77 bits per heavy atom. The van der Waals surface area contributed by atoms with E-state index in [9.17, 15) is 0 Å². The second kappa shape index (κ2) is 6.60. The van der Waals surface area contributed by atoms with Crippen molar-refractivity contribution >= 4 is 22.7 Å². The molecule has 0 radical (unpaired) electrons. The van der Waals surface area contributed by atoms with E-state index in [-0.39, 0.29) is 0 Å². The van der Waals surface area contributed by atoms with Gasteiger partial charge in [-0.05, 0) is 57.8 Å². The van der Waals surface area contributed by atoms with Crippen molar-refractivity contribution in [3.05, 3.63) is 64.6 Å². The fraction of sp³-hybridized carbons (Fsp3) is 0.118. The highest BCUT2D eigenvalue weighted by Gasteiger charge is 2.09. The molecule has 0 spiro atoms. The molecule has 1 aromatic carbocycles. The van der Waals surface area contributed by atoms with E-state index in [0.717, 1.165) is 35.6 Å². The Morgan fingerprint density at radius 3 is 2.59 bits per heavy atom. The average molecular weight is 310 g/mol. The molecule has 0 aliphatic rings. The van der Waals surface area contributed by atoms with Crippen LogP contribution in [0.4, 0.5) is 11.4 Å². The van der Waals surface area contributed by atoms with Gasteiger partial charge in [0.1, 0.15) is 0 Å². The molecular weight excluding hydrogens is 292 g/mol. The van der Waals surface area contributed by atoms with Crippen LogP contribution in [-0.4, -0.2) is 4.98 Å². The van der Waals surface area contributed by atoms with Gasteiger partial charge >= 0.3 is 0 Å². The Labute approximate surface area is 133 Å². The van der Waals surface area contributed by atoms with E-state index in [0.29, 0.717) is 0 Å². The molecule has 0 bridgehead atoms. The summed E-state index contributed by atoms with van der Waals surface area (Å²) in [7, 11) is 0. The van der Waals surface area contributed by atoms with Crippen LogP contribution in [0.2, 0.25) is 0 Å². The van der Waals surface area contributed by atoms with Crippen LogP contribution in [0, 0.1) is 0 Å². The predicted molar refractivity (Wildman–Crippen MR) is 93.4 cm³/mol. The monoisotopic (exact) mass is 310 g/mol. The minimum absolute atomic E-state index is 0.728. The van der Waals surface area contributed by atoms with Crippen LogP contribution in [0.25, 0.3) is 11.1 Å². The molecule has 0 aliphatic heterocycles. The zero-order chi connectivity index (χ0) is 15.4. The third kappa shape index (κ3) is 3.27. The largest absolute Gasteiger partial charge is 0.399 e. The number of nitrogens with one attached hydrogen (secondary N) is 1. The smallest absolute Gasteiger partial charge is 0.0395 e. The fourth-order valence-corrected chi connectivity index (χ4v) is 3.20. The molecule has 22 heavy (non-hydrogen) atoms. The van der Waals surface area contributed by atoms with Crippen LogP contribution < -0.4 is 16.8 Å². The van der Waals surface area contributed by atoms with Gasteiger partial charge in [-0.15, -0.1) is 0 Å². The second-order valence-electron chi connectivity index (χ2n) is 5.12. The van der Waals surface area contributed by atoms with Gasteiger partial charge < -0.3 is 16.8 Å². The number of benzene rings is 1. The highest BCUT2D eigenvalue weighted by molar-refractivity contribution is 7.08. The van der Waals surface area contributed by atoms with Crippen molar-refractivity contribution in [2.45, 2.75) is 13.1 Å². The van der Waals surface area contributed by atoms with Crippen LogP contribution in [-0.2, 0) is 13.1 Å². The molecule has 4 nitrogen and oxygen atoms in total. The van der Waals surface area contributed by atoms with E-state index in [4.69, 9.17) is 11.5 Å². The summed E-state index contributed by atoms with van der Waals surface area (Å²) in [4.78, 5) is 4.02. The lowest BCUT2D eigenvalue weighted by Gasteiger charge is -2.09. The van der Waals surface area contributed by atoms with E-state index in [1.54, 1.807) is 23.7 Å². The van der Waals surface area contributed by atoms with Gasteiger partial charge in [-0.3, -0.25) is 4.98 Å². The lowest BCUT2D eigenvalue weighted by Crippen LogP contribution is -2.12. The Hall–Kier alpha value is -2.37. The maximum atomic E-state index is 6.09. The lowest BCUT2D eigenvalue weighted by molar-refractivity contribution is 0.695. The number of hydrogen-bond donors (Lipinski definition) is 3. The highest BCUT2D eigenvalue weighted by atomic mass is 32.1. The maximum Gasteiger partial charge on any atom is 0.0395 e. The number of pyridine rings is 1. The number of nitrogens with two attached hydrogens (primary N) is 2. The van der Waals surface area contributed by atoms with Crippen molar-refractivity contribution < 1.29 is 0 Å². The molecule has 0 fully saturated rings. The zero-order valence-corrected chi connectivity index (χ0v) is 12.9. The van der Waals surface area contributed by atoms with Gasteiger partial charge in [0.25, 0.3) is 0 Å². The van der Waals surface area contributed by atoms with Gasteiger partial charge in [-0.2, -0.15) is 11.3 Å². The molecule has 0 saturated carbocycles. The lowest BCUT2D eigenvalue weighted by atomic mass is 10.0. The molecule has 2 aromatic heterocycles. The SMILES string of the molecule is Nc1ccc(N)c(-c2cscc2CNCc2ccncc2)c1. The minimum Gasteiger partial charge on any atom is -0.399 e. The van der Waals surface area contributed by atoms with E-state index in [2.05, 4.69) is 21.1 Å². The number of hydrogen-bond acceptors (Lipinski definition) is 5. The summed E-state index contributed by atoms with van der Waals surface area (Å²) in [5, 5.41) is 7.73. The van der Waals surface area contributed by atoms with Crippen LogP contribution in [0.3, 0.4) is 0 Å². The van der Waals surface area contributed by atoms with Gasteiger partial charge in [0.15, 0.2) is 0 Å². The summed E-state index contributed by atoms with van der Waals surface area (Å²) in [5.74, 6) is 0. The molecule has 5 heteroatoms. The van der Waals surface area contributed by atoms with Crippen LogP contribution in [0.5, 0.6) is 0 Å². The summed E-state index contributed by atoms with van der Waals surface area (Å²) in [6.45, 7) is 1.60. The standard InChI is InChI=1S/C17H18N4S/c18-14-1-2-17(19)15(7-14)16-11-22-10-13(16)9-21-8-12-3-5-20-6-4-12/h1-7,10-11,21H,8-9,18-19H2. The first kappa shape index (κ1) is 14.6. The first-order chi connectivity index (χ1) is 10.7. The van der Waals surface area contributed by atoms with Crippen molar-refractivity contribution in [3.63, 3.8) is 0 Å². The molecule has 5 N–H and O–H groups in total. The Morgan fingerprint density at radius 1 is 0.955 bits per heavy atom. The Balaban J connectivity index is 1.74. The first-order valence-corrected chi connectivity index (χ1v) is 7.98. The predicted octanol–water partition coefficient (Wildman–Crippen LogP) is 3.26. The summed E-state index contributed by atoms with van der Waals surface area (Å²) in [6.07, 6.45) is 3.61. The Bertz CT molecular complexity index is 752. The van der Waals surface area contributed by atoms with Gasteiger partial charge in [0.2, 0.25) is 0 Å². The van der Waals surface area contributed by atoms with Crippen LogP contribution in [0.1, 0.15) is 11.1 Å². The van der Waals surface area contributed by atoms with Gasteiger partial charge in [-0.25, -0.2) is 0 Å². The normalized spacial score (nSPS) is 10.7. The number of nitrogens with zero attached hydrogens (tertiary/aromatic N) is 1. The summed E-state index contributed by atoms with van der Waals surface area (Å²) < 4.78 is 0. The van der Waals surface area contributed by atoms with Crippen molar-refractivity contribution in [2.24, 2.45) is 0 Å². The molecule has 0 atom stereocenters. The zero-order valence-electron chi connectivity index (χ0n) is 12.1. The van der Waals surface area contributed by atoms with E-state index in [1.165, 1.54) is 11.1 Å². The van der Waals surface area contributed by atoms with Crippen molar-refractivity contribution in [2.75, 3.05) is 11.5 Å².